The van der Waals surface area contributed by atoms with Crippen molar-refractivity contribution in [1.29, 1.82) is 0 Å². The summed E-state index contributed by atoms with van der Waals surface area (Å²) < 4.78 is 5.18. The van der Waals surface area contributed by atoms with Crippen molar-refractivity contribution in [2.45, 2.75) is 40.0 Å². The van der Waals surface area contributed by atoms with Crippen molar-refractivity contribution in [2.75, 3.05) is 7.11 Å². The Balaban J connectivity index is 3.87. The zero-order valence-electron chi connectivity index (χ0n) is 8.68. The summed E-state index contributed by atoms with van der Waals surface area (Å²) in [7, 11) is 1.71. The van der Waals surface area contributed by atoms with Crippen LogP contribution in [0, 0.1) is 0 Å². The van der Waals surface area contributed by atoms with E-state index in [0.717, 1.165) is 12.2 Å². The quantitative estimate of drug-likeness (QED) is 0.346. The van der Waals surface area contributed by atoms with Crippen molar-refractivity contribution in [3.8, 4) is 0 Å². The Morgan fingerprint density at radius 1 is 1.33 bits per heavy atom. The van der Waals surface area contributed by atoms with Gasteiger partial charge in [-0.1, -0.05) is 25.8 Å². The zero-order valence-corrected chi connectivity index (χ0v) is 8.68. The minimum Gasteiger partial charge on any atom is -0.497 e. The summed E-state index contributed by atoms with van der Waals surface area (Å²) in [6, 6.07) is 0. The Bertz CT molecular complexity index is 162. The lowest BCUT2D eigenvalue weighted by Crippen LogP contribution is -1.84. The highest BCUT2D eigenvalue weighted by atomic mass is 16.5. The van der Waals surface area contributed by atoms with Crippen LogP contribution >= 0.6 is 0 Å². The lowest BCUT2D eigenvalue weighted by atomic mass is 10.2. The van der Waals surface area contributed by atoms with Gasteiger partial charge in [-0.2, -0.15) is 0 Å². The van der Waals surface area contributed by atoms with Crippen LogP contribution in [-0.2, 0) is 4.74 Å². The van der Waals surface area contributed by atoms with Gasteiger partial charge in [-0.3, -0.25) is 0 Å². The maximum absolute atomic E-state index is 5.18. The number of rotatable bonds is 5. The third-order valence-corrected chi connectivity index (χ3v) is 1.71. The standard InChI is InChI=1S/C11H20O/c1-5-6-7-8-9-11(12-4)10(2)3/h8-9H,5-7H2,1-4H3. The van der Waals surface area contributed by atoms with Crippen molar-refractivity contribution in [1.82, 2.24) is 0 Å². The first kappa shape index (κ1) is 11.3. The summed E-state index contributed by atoms with van der Waals surface area (Å²) in [6.07, 6.45) is 7.90. The molecule has 0 saturated carbocycles. The molecule has 12 heavy (non-hydrogen) atoms. The van der Waals surface area contributed by atoms with Gasteiger partial charge in [-0.05, 0) is 31.9 Å². The van der Waals surface area contributed by atoms with Crippen molar-refractivity contribution >= 4 is 0 Å². The van der Waals surface area contributed by atoms with Gasteiger partial charge in [0.1, 0.15) is 5.76 Å². The van der Waals surface area contributed by atoms with E-state index in [9.17, 15) is 0 Å². The van der Waals surface area contributed by atoms with E-state index in [2.05, 4.69) is 32.9 Å². The Morgan fingerprint density at radius 3 is 2.42 bits per heavy atom. The van der Waals surface area contributed by atoms with E-state index in [1.54, 1.807) is 7.11 Å². The number of hydrogen-bond acceptors (Lipinski definition) is 1. The molecule has 0 amide bonds. The molecule has 0 rings (SSSR count). The molecule has 0 aliphatic rings. The molecular weight excluding hydrogens is 148 g/mol. The number of unbranched alkanes of at least 4 members (excludes halogenated alkanes) is 2. The van der Waals surface area contributed by atoms with Gasteiger partial charge < -0.3 is 4.74 Å². The number of hydrogen-bond donors (Lipinski definition) is 0. The summed E-state index contributed by atoms with van der Waals surface area (Å²) in [5, 5.41) is 0. The zero-order chi connectivity index (χ0) is 9.40. The number of allylic oxidation sites excluding steroid dienone is 3. The molecule has 0 aromatic rings. The maximum atomic E-state index is 5.18. The van der Waals surface area contributed by atoms with Crippen LogP contribution in [0.2, 0.25) is 0 Å². The van der Waals surface area contributed by atoms with E-state index in [1.165, 1.54) is 18.4 Å². The Hall–Kier alpha value is -0.720. The van der Waals surface area contributed by atoms with Crippen LogP contribution in [0.1, 0.15) is 40.0 Å². The van der Waals surface area contributed by atoms with Gasteiger partial charge in [-0.25, -0.2) is 0 Å². The van der Waals surface area contributed by atoms with Gasteiger partial charge >= 0.3 is 0 Å². The highest BCUT2D eigenvalue weighted by Crippen LogP contribution is 2.06. The first-order valence-electron chi connectivity index (χ1n) is 4.60. The van der Waals surface area contributed by atoms with Crippen molar-refractivity contribution < 1.29 is 4.74 Å². The molecule has 0 aliphatic carbocycles. The fourth-order valence-electron chi connectivity index (χ4n) is 0.951. The Kier molecular flexibility index (Phi) is 6.54. The largest absolute Gasteiger partial charge is 0.497 e. The molecule has 0 aromatic heterocycles. The monoisotopic (exact) mass is 168 g/mol. The minimum absolute atomic E-state index is 0.992. The average molecular weight is 168 g/mol. The first-order chi connectivity index (χ1) is 5.72. The topological polar surface area (TPSA) is 9.23 Å². The van der Waals surface area contributed by atoms with Crippen LogP contribution in [0.25, 0.3) is 0 Å². The normalized spacial score (nSPS) is 10.3. The fraction of sp³-hybridized carbons (Fsp3) is 0.636. The van der Waals surface area contributed by atoms with Crippen LogP contribution in [0.3, 0.4) is 0 Å². The predicted molar refractivity (Wildman–Crippen MR) is 54.0 cm³/mol. The molecule has 1 heteroatoms. The van der Waals surface area contributed by atoms with Gasteiger partial charge in [0.2, 0.25) is 0 Å². The molecule has 0 heterocycles. The summed E-state index contributed by atoms with van der Waals surface area (Å²) in [6.45, 7) is 6.32. The Morgan fingerprint density at radius 2 is 2.00 bits per heavy atom. The second-order valence-corrected chi connectivity index (χ2v) is 3.11. The van der Waals surface area contributed by atoms with Crippen LogP contribution in [0.5, 0.6) is 0 Å². The van der Waals surface area contributed by atoms with Gasteiger partial charge in [0.25, 0.3) is 0 Å². The van der Waals surface area contributed by atoms with Gasteiger partial charge in [0.05, 0.1) is 7.11 Å². The molecule has 0 unspecified atom stereocenters. The molecule has 0 atom stereocenters. The van der Waals surface area contributed by atoms with Crippen molar-refractivity contribution in [3.05, 3.63) is 23.5 Å². The summed E-state index contributed by atoms with van der Waals surface area (Å²) in [5.41, 5.74) is 1.23. The van der Waals surface area contributed by atoms with E-state index in [0.29, 0.717) is 0 Å². The fourth-order valence-corrected chi connectivity index (χ4v) is 0.951. The van der Waals surface area contributed by atoms with E-state index in [4.69, 9.17) is 4.74 Å². The summed E-state index contributed by atoms with van der Waals surface area (Å²) in [5.74, 6) is 0.992. The second-order valence-electron chi connectivity index (χ2n) is 3.11. The van der Waals surface area contributed by atoms with Crippen LogP contribution in [0.4, 0.5) is 0 Å². The lowest BCUT2D eigenvalue weighted by molar-refractivity contribution is 0.302. The average Bonchev–Trinajstić information content (AvgIpc) is 2.04. The molecule has 1 nitrogen and oxygen atoms in total. The van der Waals surface area contributed by atoms with E-state index in [1.807, 2.05) is 0 Å². The molecule has 0 bridgehead atoms. The lowest BCUT2D eigenvalue weighted by Gasteiger charge is -2.01. The van der Waals surface area contributed by atoms with Gasteiger partial charge in [-0.15, -0.1) is 0 Å². The maximum Gasteiger partial charge on any atom is 0.117 e. The number of ether oxygens (including phenoxy) is 1. The number of methoxy groups -OCH3 is 1. The predicted octanol–water partition coefficient (Wildman–Crippen LogP) is 3.67. The molecule has 0 radical (unpaired) electrons. The molecule has 0 spiro atoms. The summed E-state index contributed by atoms with van der Waals surface area (Å²) in [4.78, 5) is 0. The highest BCUT2D eigenvalue weighted by Gasteiger charge is 1.90. The van der Waals surface area contributed by atoms with Crippen LogP contribution in [0.15, 0.2) is 23.5 Å². The molecule has 70 valence electrons. The highest BCUT2D eigenvalue weighted by molar-refractivity contribution is 5.16. The molecule has 0 fully saturated rings. The third kappa shape index (κ3) is 5.00. The van der Waals surface area contributed by atoms with E-state index in [-0.39, 0.29) is 0 Å². The van der Waals surface area contributed by atoms with Gasteiger partial charge in [0.15, 0.2) is 0 Å². The molecule has 0 saturated heterocycles. The van der Waals surface area contributed by atoms with E-state index >= 15 is 0 Å². The van der Waals surface area contributed by atoms with Crippen molar-refractivity contribution in [3.63, 3.8) is 0 Å². The van der Waals surface area contributed by atoms with Crippen LogP contribution in [-0.4, -0.2) is 7.11 Å². The first-order valence-corrected chi connectivity index (χ1v) is 4.60. The third-order valence-electron chi connectivity index (χ3n) is 1.71. The van der Waals surface area contributed by atoms with Crippen molar-refractivity contribution in [2.24, 2.45) is 0 Å². The Labute approximate surface area is 76.1 Å². The summed E-state index contributed by atoms with van der Waals surface area (Å²) >= 11 is 0. The molecule has 0 aromatic carbocycles. The molecule has 0 N–H and O–H groups in total. The SMILES string of the molecule is CCCCC=CC(OC)=C(C)C. The smallest absolute Gasteiger partial charge is 0.117 e. The molecular formula is C11H20O. The van der Waals surface area contributed by atoms with Crippen LogP contribution < -0.4 is 0 Å². The van der Waals surface area contributed by atoms with Gasteiger partial charge in [0, 0.05) is 0 Å². The second kappa shape index (κ2) is 6.96. The van der Waals surface area contributed by atoms with E-state index < -0.39 is 0 Å². The molecule has 0 aliphatic heterocycles. The minimum atomic E-state index is 0.992.